The zero-order valence-electron chi connectivity index (χ0n) is 8.56. The number of aldehydes is 1. The van der Waals surface area contributed by atoms with Crippen LogP contribution in [0.15, 0.2) is 24.5 Å². The second-order valence-corrected chi connectivity index (χ2v) is 2.77. The lowest BCUT2D eigenvalue weighted by Gasteiger charge is -2.09. The molecule has 4 nitrogen and oxygen atoms in total. The fraction of sp³-hybridized carbons (Fsp3) is 0.182. The van der Waals surface area contributed by atoms with Gasteiger partial charge in [-0.15, -0.1) is 0 Å². The van der Waals surface area contributed by atoms with Crippen LogP contribution < -0.4 is 9.47 Å². The van der Waals surface area contributed by atoms with Gasteiger partial charge in [0.2, 0.25) is 0 Å². The van der Waals surface area contributed by atoms with Gasteiger partial charge >= 0.3 is 0 Å². The summed E-state index contributed by atoms with van der Waals surface area (Å²) >= 11 is 0. The van der Waals surface area contributed by atoms with Crippen LogP contribution in [0.2, 0.25) is 0 Å². The number of ether oxygens (including phenoxy) is 2. The minimum atomic E-state index is 0.162. The Morgan fingerprint density at radius 2 is 2.07 bits per heavy atom. The van der Waals surface area contributed by atoms with Crippen molar-refractivity contribution in [3.63, 3.8) is 0 Å². The molecule has 0 bridgehead atoms. The molecule has 0 aromatic heterocycles. The van der Waals surface area contributed by atoms with Crippen LogP contribution >= 0.6 is 0 Å². The fourth-order valence-electron chi connectivity index (χ4n) is 1.20. The third-order valence-electron chi connectivity index (χ3n) is 1.99. The summed E-state index contributed by atoms with van der Waals surface area (Å²) in [5.41, 5.74) is 0.685. The average Bonchev–Trinajstić information content (AvgIpc) is 2.31. The molecule has 0 atom stereocenters. The molecular weight excluding hydrogens is 196 g/mol. The normalized spacial score (nSPS) is 10.9. The van der Waals surface area contributed by atoms with E-state index in [1.54, 1.807) is 18.2 Å². The largest absolute Gasteiger partial charge is 0.515 e. The molecule has 15 heavy (non-hydrogen) atoms. The minimum Gasteiger partial charge on any atom is -0.515 e. The molecule has 1 N–H and O–H groups in total. The SMILES string of the molecule is COc1ccc(/C(C=O)=C/O)c(OC)c1. The van der Waals surface area contributed by atoms with Gasteiger partial charge in [0.1, 0.15) is 11.5 Å². The third-order valence-corrected chi connectivity index (χ3v) is 1.99. The molecule has 80 valence electrons. The molecule has 0 aliphatic rings. The molecule has 0 saturated heterocycles. The van der Waals surface area contributed by atoms with E-state index in [-0.39, 0.29) is 5.57 Å². The van der Waals surface area contributed by atoms with Gasteiger partial charge in [0, 0.05) is 11.6 Å². The smallest absolute Gasteiger partial charge is 0.153 e. The van der Waals surface area contributed by atoms with Gasteiger partial charge in [-0.25, -0.2) is 0 Å². The maximum absolute atomic E-state index is 10.6. The van der Waals surface area contributed by atoms with Crippen LogP contribution in [0.4, 0.5) is 0 Å². The van der Waals surface area contributed by atoms with Crippen molar-refractivity contribution in [2.24, 2.45) is 0 Å². The van der Waals surface area contributed by atoms with Crippen molar-refractivity contribution in [1.82, 2.24) is 0 Å². The van der Waals surface area contributed by atoms with Gasteiger partial charge < -0.3 is 14.6 Å². The minimum absolute atomic E-state index is 0.162. The van der Waals surface area contributed by atoms with Crippen molar-refractivity contribution < 1.29 is 19.4 Å². The van der Waals surface area contributed by atoms with E-state index < -0.39 is 0 Å². The first-order valence-corrected chi connectivity index (χ1v) is 4.28. The lowest BCUT2D eigenvalue weighted by Crippen LogP contribution is -1.94. The molecule has 0 unspecified atom stereocenters. The van der Waals surface area contributed by atoms with E-state index in [0.29, 0.717) is 23.3 Å². The van der Waals surface area contributed by atoms with Gasteiger partial charge in [0.05, 0.1) is 26.1 Å². The summed E-state index contributed by atoms with van der Waals surface area (Å²) in [5, 5.41) is 8.85. The first kappa shape index (κ1) is 11.1. The number of allylic oxidation sites excluding steroid dienone is 1. The Kier molecular flexibility index (Phi) is 3.74. The zero-order valence-corrected chi connectivity index (χ0v) is 8.56. The molecule has 0 aliphatic heterocycles. The monoisotopic (exact) mass is 208 g/mol. The average molecular weight is 208 g/mol. The molecule has 0 amide bonds. The summed E-state index contributed by atoms with van der Waals surface area (Å²) in [5.74, 6) is 1.10. The highest BCUT2D eigenvalue weighted by Gasteiger charge is 2.09. The van der Waals surface area contributed by atoms with Gasteiger partial charge in [-0.2, -0.15) is 0 Å². The van der Waals surface area contributed by atoms with Crippen LogP contribution in [0.1, 0.15) is 5.56 Å². The van der Waals surface area contributed by atoms with E-state index >= 15 is 0 Å². The van der Waals surface area contributed by atoms with Crippen LogP contribution in [-0.2, 0) is 4.79 Å². The predicted octanol–water partition coefficient (Wildman–Crippen LogP) is 1.80. The summed E-state index contributed by atoms with van der Waals surface area (Å²) < 4.78 is 10.1. The summed E-state index contributed by atoms with van der Waals surface area (Å²) in [6.45, 7) is 0. The van der Waals surface area contributed by atoms with Crippen LogP contribution in [0.3, 0.4) is 0 Å². The van der Waals surface area contributed by atoms with Crippen LogP contribution in [0.5, 0.6) is 11.5 Å². The summed E-state index contributed by atoms with van der Waals surface area (Å²) in [7, 11) is 3.02. The highest BCUT2D eigenvalue weighted by Crippen LogP contribution is 2.28. The molecule has 1 rings (SSSR count). The van der Waals surface area contributed by atoms with E-state index in [0.717, 1.165) is 6.26 Å². The predicted molar refractivity (Wildman–Crippen MR) is 56.2 cm³/mol. The van der Waals surface area contributed by atoms with Gasteiger partial charge in [-0.3, -0.25) is 4.79 Å². The number of benzene rings is 1. The second-order valence-electron chi connectivity index (χ2n) is 2.77. The van der Waals surface area contributed by atoms with E-state index in [1.807, 2.05) is 0 Å². The highest BCUT2D eigenvalue weighted by atomic mass is 16.5. The topological polar surface area (TPSA) is 55.8 Å². The molecule has 1 aromatic carbocycles. The molecule has 0 saturated carbocycles. The van der Waals surface area contributed by atoms with Crippen molar-refractivity contribution in [3.05, 3.63) is 30.0 Å². The van der Waals surface area contributed by atoms with Gasteiger partial charge in [0.15, 0.2) is 6.29 Å². The van der Waals surface area contributed by atoms with Gasteiger partial charge in [-0.1, -0.05) is 0 Å². The van der Waals surface area contributed by atoms with E-state index in [1.165, 1.54) is 14.2 Å². The zero-order chi connectivity index (χ0) is 11.3. The number of carbonyl (C=O) groups is 1. The number of hydrogen-bond donors (Lipinski definition) is 1. The highest BCUT2D eigenvalue weighted by molar-refractivity contribution is 6.07. The van der Waals surface area contributed by atoms with E-state index in [2.05, 4.69) is 0 Å². The second kappa shape index (κ2) is 5.05. The molecule has 0 heterocycles. The van der Waals surface area contributed by atoms with Crippen molar-refractivity contribution in [3.8, 4) is 11.5 Å². The Labute approximate surface area is 87.7 Å². The van der Waals surface area contributed by atoms with E-state index in [4.69, 9.17) is 14.6 Å². The van der Waals surface area contributed by atoms with Crippen LogP contribution in [-0.4, -0.2) is 25.6 Å². The molecule has 0 fully saturated rings. The number of rotatable bonds is 4. The Hall–Kier alpha value is -1.97. The standard InChI is InChI=1S/C11H12O4/c1-14-9-3-4-10(8(6-12)7-13)11(5-9)15-2/h3-7,12H,1-2H3/b8-6+. The number of methoxy groups -OCH3 is 2. The summed E-state index contributed by atoms with van der Waals surface area (Å²) in [4.78, 5) is 10.6. The van der Waals surface area contributed by atoms with Crippen LogP contribution in [0, 0.1) is 0 Å². The summed E-state index contributed by atoms with van der Waals surface area (Å²) in [6, 6.07) is 4.97. The number of hydrogen-bond acceptors (Lipinski definition) is 4. The molecule has 0 radical (unpaired) electrons. The maximum Gasteiger partial charge on any atom is 0.153 e. The van der Waals surface area contributed by atoms with Crippen molar-refractivity contribution in [1.29, 1.82) is 0 Å². The van der Waals surface area contributed by atoms with E-state index in [9.17, 15) is 4.79 Å². The Morgan fingerprint density at radius 1 is 1.33 bits per heavy atom. The Bertz CT molecular complexity index is 382. The van der Waals surface area contributed by atoms with Gasteiger partial charge in [0.25, 0.3) is 0 Å². The number of aliphatic hydroxyl groups is 1. The van der Waals surface area contributed by atoms with Crippen LogP contribution in [0.25, 0.3) is 5.57 Å². The maximum atomic E-state index is 10.6. The molecular formula is C11H12O4. The molecule has 4 heteroatoms. The lowest BCUT2D eigenvalue weighted by atomic mass is 10.1. The molecule has 0 aliphatic carbocycles. The number of aliphatic hydroxyl groups excluding tert-OH is 1. The summed E-state index contributed by atoms with van der Waals surface area (Å²) in [6.07, 6.45) is 1.31. The lowest BCUT2D eigenvalue weighted by molar-refractivity contribution is -0.103. The first-order valence-electron chi connectivity index (χ1n) is 4.28. The first-order chi connectivity index (χ1) is 7.26. The Balaban J connectivity index is 3.24. The van der Waals surface area contributed by atoms with Gasteiger partial charge in [-0.05, 0) is 12.1 Å². The molecule has 0 spiro atoms. The van der Waals surface area contributed by atoms with Crippen molar-refractivity contribution in [2.75, 3.05) is 14.2 Å². The third kappa shape index (κ3) is 2.28. The Morgan fingerprint density at radius 3 is 2.53 bits per heavy atom. The number of carbonyl (C=O) groups excluding carboxylic acids is 1. The fourth-order valence-corrected chi connectivity index (χ4v) is 1.20. The van der Waals surface area contributed by atoms with Crippen molar-refractivity contribution in [2.45, 2.75) is 0 Å². The molecule has 1 aromatic rings. The van der Waals surface area contributed by atoms with Crippen molar-refractivity contribution >= 4 is 11.9 Å². The quantitative estimate of drug-likeness (QED) is 0.465.